The van der Waals surface area contributed by atoms with E-state index in [1.807, 2.05) is 0 Å². The van der Waals surface area contributed by atoms with Gasteiger partial charge in [-0.25, -0.2) is 8.78 Å². The second-order valence-corrected chi connectivity index (χ2v) is 4.15. The minimum atomic E-state index is -0.751. The second-order valence-electron chi connectivity index (χ2n) is 3.74. The van der Waals surface area contributed by atoms with Crippen LogP contribution in [-0.4, -0.2) is 11.0 Å². The van der Waals surface area contributed by atoms with E-state index in [1.165, 1.54) is 12.1 Å². The molecule has 2 rings (SSSR count). The predicted molar refractivity (Wildman–Crippen MR) is 67.4 cm³/mol. The van der Waals surface area contributed by atoms with Crippen molar-refractivity contribution in [2.24, 2.45) is 0 Å². The molecule has 0 spiro atoms. The highest BCUT2D eigenvalue weighted by Gasteiger charge is 2.13. The van der Waals surface area contributed by atoms with Crippen molar-refractivity contribution in [1.82, 2.24) is 0 Å². The summed E-state index contributed by atoms with van der Waals surface area (Å²) in [5.74, 6) is -2.47. The van der Waals surface area contributed by atoms with E-state index >= 15 is 0 Å². The molecule has 2 N–H and O–H groups in total. The molecule has 0 atom stereocenters. The van der Waals surface area contributed by atoms with Gasteiger partial charge in [0.05, 0.1) is 10.6 Å². The summed E-state index contributed by atoms with van der Waals surface area (Å²) in [6.45, 7) is 0. The highest BCUT2D eigenvalue weighted by Crippen LogP contribution is 2.22. The first-order valence-corrected chi connectivity index (χ1v) is 5.60. The van der Waals surface area contributed by atoms with E-state index in [9.17, 15) is 18.7 Å². The lowest BCUT2D eigenvalue weighted by Crippen LogP contribution is -2.12. The summed E-state index contributed by atoms with van der Waals surface area (Å²) in [6, 6.07) is 6.66. The van der Waals surface area contributed by atoms with E-state index < -0.39 is 17.5 Å². The number of amides is 1. The average molecular weight is 284 g/mol. The van der Waals surface area contributed by atoms with Gasteiger partial charge in [0.25, 0.3) is 5.91 Å². The molecule has 2 aromatic carbocycles. The van der Waals surface area contributed by atoms with Crippen molar-refractivity contribution in [1.29, 1.82) is 0 Å². The fourth-order valence-corrected chi connectivity index (χ4v) is 1.58. The fourth-order valence-electron chi connectivity index (χ4n) is 1.46. The Balaban J connectivity index is 2.25. The number of nitrogens with one attached hydrogen (secondary N) is 1. The van der Waals surface area contributed by atoms with Crippen LogP contribution in [0.1, 0.15) is 10.4 Å². The van der Waals surface area contributed by atoms with Gasteiger partial charge in [0.2, 0.25) is 0 Å². The number of benzene rings is 2. The molecule has 0 saturated heterocycles. The minimum absolute atomic E-state index is 0.0772. The molecular weight excluding hydrogens is 276 g/mol. The van der Waals surface area contributed by atoms with Crippen molar-refractivity contribution in [3.63, 3.8) is 0 Å². The highest BCUT2D eigenvalue weighted by atomic mass is 35.5. The molecule has 0 aliphatic rings. The summed E-state index contributed by atoms with van der Waals surface area (Å²) in [7, 11) is 0. The Labute approximate surface area is 112 Å². The van der Waals surface area contributed by atoms with Crippen LogP contribution in [0.4, 0.5) is 14.5 Å². The number of aromatic hydroxyl groups is 1. The van der Waals surface area contributed by atoms with Crippen LogP contribution in [0.25, 0.3) is 0 Å². The van der Waals surface area contributed by atoms with Crippen molar-refractivity contribution in [3.8, 4) is 5.75 Å². The molecule has 0 radical (unpaired) electrons. The van der Waals surface area contributed by atoms with E-state index in [4.69, 9.17) is 11.6 Å². The summed E-state index contributed by atoms with van der Waals surface area (Å²) in [5, 5.41) is 11.7. The Hall–Kier alpha value is -2.14. The van der Waals surface area contributed by atoms with Crippen molar-refractivity contribution < 1.29 is 18.7 Å². The smallest absolute Gasteiger partial charge is 0.259 e. The van der Waals surface area contributed by atoms with E-state index in [0.717, 1.165) is 24.3 Å². The lowest BCUT2D eigenvalue weighted by atomic mass is 10.1. The molecule has 0 aliphatic carbocycles. The third-order valence-electron chi connectivity index (χ3n) is 2.38. The number of rotatable bonds is 2. The van der Waals surface area contributed by atoms with Gasteiger partial charge in [0.15, 0.2) is 0 Å². The molecule has 0 aromatic heterocycles. The molecule has 19 heavy (non-hydrogen) atoms. The number of hydrogen-bond donors (Lipinski definition) is 2. The van der Waals surface area contributed by atoms with E-state index in [0.29, 0.717) is 0 Å². The summed E-state index contributed by atoms with van der Waals surface area (Å²) in [5.41, 5.74) is -0.0917. The van der Waals surface area contributed by atoms with Gasteiger partial charge < -0.3 is 10.4 Å². The number of phenols is 1. The summed E-state index contributed by atoms with van der Waals surface area (Å²) in [6.07, 6.45) is 0. The molecule has 0 bridgehead atoms. The molecule has 98 valence electrons. The van der Waals surface area contributed by atoms with Crippen molar-refractivity contribution >= 4 is 23.2 Å². The lowest BCUT2D eigenvalue weighted by molar-refractivity contribution is 0.102. The normalized spacial score (nSPS) is 10.3. The topological polar surface area (TPSA) is 49.3 Å². The number of halogens is 3. The first kappa shape index (κ1) is 13.3. The zero-order valence-corrected chi connectivity index (χ0v) is 10.2. The lowest BCUT2D eigenvalue weighted by Gasteiger charge is -2.07. The monoisotopic (exact) mass is 283 g/mol. The summed E-state index contributed by atoms with van der Waals surface area (Å²) >= 11 is 5.50. The van der Waals surface area contributed by atoms with Crippen molar-refractivity contribution in [2.45, 2.75) is 0 Å². The van der Waals surface area contributed by atoms with Gasteiger partial charge in [0.1, 0.15) is 17.4 Å². The summed E-state index contributed by atoms with van der Waals surface area (Å²) < 4.78 is 26.2. The van der Waals surface area contributed by atoms with Crippen molar-refractivity contribution in [2.75, 3.05) is 5.32 Å². The maximum absolute atomic E-state index is 13.2. The van der Waals surface area contributed by atoms with Gasteiger partial charge in [-0.2, -0.15) is 0 Å². The van der Waals surface area contributed by atoms with Crippen LogP contribution in [-0.2, 0) is 0 Å². The quantitative estimate of drug-likeness (QED) is 0.885. The molecule has 6 heteroatoms. The minimum Gasteiger partial charge on any atom is -0.507 e. The number of anilines is 1. The Morgan fingerprint density at radius 2 is 1.89 bits per heavy atom. The molecule has 0 aliphatic heterocycles. The first-order chi connectivity index (χ1) is 8.97. The maximum atomic E-state index is 13.2. The van der Waals surface area contributed by atoms with Gasteiger partial charge >= 0.3 is 0 Å². The number of phenolic OH excluding ortho intramolecular Hbond substituents is 1. The fraction of sp³-hybridized carbons (Fsp3) is 0. The Morgan fingerprint density at radius 1 is 1.16 bits per heavy atom. The zero-order chi connectivity index (χ0) is 14.0. The highest BCUT2D eigenvalue weighted by molar-refractivity contribution is 6.30. The maximum Gasteiger partial charge on any atom is 0.259 e. The molecule has 0 unspecified atom stereocenters. The summed E-state index contributed by atoms with van der Waals surface area (Å²) in [4.78, 5) is 11.8. The van der Waals surface area contributed by atoms with Crippen LogP contribution in [0.15, 0.2) is 36.4 Å². The van der Waals surface area contributed by atoms with Gasteiger partial charge in [-0.3, -0.25) is 4.79 Å². The second kappa shape index (κ2) is 5.24. The molecule has 0 heterocycles. The largest absolute Gasteiger partial charge is 0.507 e. The first-order valence-electron chi connectivity index (χ1n) is 5.22. The zero-order valence-electron chi connectivity index (χ0n) is 9.45. The van der Waals surface area contributed by atoms with Crippen LogP contribution < -0.4 is 5.32 Å². The SMILES string of the molecule is O=C(Nc1ccc(Cl)c(F)c1)c1cc(F)ccc1O. The third-order valence-corrected chi connectivity index (χ3v) is 2.69. The molecule has 0 saturated carbocycles. The third kappa shape index (κ3) is 3.00. The van der Waals surface area contributed by atoms with Gasteiger partial charge in [-0.15, -0.1) is 0 Å². The number of carbonyl (C=O) groups excluding carboxylic acids is 1. The predicted octanol–water partition coefficient (Wildman–Crippen LogP) is 3.58. The standard InChI is InChI=1S/C13H8ClF2NO2/c14-10-3-2-8(6-11(10)16)17-13(19)9-5-7(15)1-4-12(9)18/h1-6,18H,(H,17,19). The molecular formula is C13H8ClF2NO2. The Kier molecular flexibility index (Phi) is 3.66. The number of carbonyl (C=O) groups is 1. The average Bonchev–Trinajstić information content (AvgIpc) is 2.36. The Bertz CT molecular complexity index is 647. The molecule has 1 amide bonds. The van der Waals surface area contributed by atoms with Crippen LogP contribution in [0.2, 0.25) is 5.02 Å². The molecule has 3 nitrogen and oxygen atoms in total. The van der Waals surface area contributed by atoms with E-state index in [2.05, 4.69) is 5.32 Å². The van der Waals surface area contributed by atoms with Crippen molar-refractivity contribution in [3.05, 3.63) is 58.6 Å². The van der Waals surface area contributed by atoms with E-state index in [-0.39, 0.29) is 22.0 Å². The van der Waals surface area contributed by atoms with Gasteiger partial charge in [-0.1, -0.05) is 11.6 Å². The molecule has 2 aromatic rings. The van der Waals surface area contributed by atoms with Crippen LogP contribution in [0, 0.1) is 11.6 Å². The van der Waals surface area contributed by atoms with E-state index in [1.54, 1.807) is 0 Å². The van der Waals surface area contributed by atoms with Crippen LogP contribution >= 0.6 is 11.6 Å². The number of hydrogen-bond acceptors (Lipinski definition) is 2. The van der Waals surface area contributed by atoms with Gasteiger partial charge in [0, 0.05) is 5.69 Å². The Morgan fingerprint density at radius 3 is 2.58 bits per heavy atom. The molecule has 0 fully saturated rings. The van der Waals surface area contributed by atoms with Crippen LogP contribution in [0.5, 0.6) is 5.75 Å². The van der Waals surface area contributed by atoms with Crippen LogP contribution in [0.3, 0.4) is 0 Å². The van der Waals surface area contributed by atoms with Gasteiger partial charge in [-0.05, 0) is 36.4 Å².